The number of nitrogens with zero attached hydrogens (tertiary/aromatic N) is 1. The van der Waals surface area contributed by atoms with Crippen molar-refractivity contribution in [3.8, 4) is 0 Å². The van der Waals surface area contributed by atoms with Gasteiger partial charge in [0.25, 0.3) is 0 Å². The molecular weight excluding hydrogens is 228 g/mol. The minimum absolute atomic E-state index is 0.111. The predicted molar refractivity (Wildman–Crippen MR) is 62.3 cm³/mol. The van der Waals surface area contributed by atoms with E-state index in [9.17, 15) is 4.79 Å². The van der Waals surface area contributed by atoms with E-state index in [0.717, 1.165) is 0 Å². The molecule has 0 radical (unpaired) electrons. The highest BCUT2D eigenvalue weighted by Gasteiger charge is 2.21. The van der Waals surface area contributed by atoms with E-state index in [0.29, 0.717) is 5.69 Å². The van der Waals surface area contributed by atoms with Crippen molar-refractivity contribution >= 4 is 17.6 Å². The van der Waals surface area contributed by atoms with E-state index in [4.69, 9.17) is 22.1 Å². The minimum Gasteiger partial charge on any atom is -0.455 e. The zero-order valence-corrected chi connectivity index (χ0v) is 10.3. The summed E-state index contributed by atoms with van der Waals surface area (Å²) >= 11 is 5.87. The third-order valence-electron chi connectivity index (χ3n) is 1.71. The molecule has 0 fully saturated rings. The van der Waals surface area contributed by atoms with Gasteiger partial charge in [0, 0.05) is 6.54 Å². The molecule has 0 aliphatic heterocycles. The molecule has 0 aliphatic rings. The second-order valence-electron chi connectivity index (χ2n) is 4.34. The summed E-state index contributed by atoms with van der Waals surface area (Å²) in [7, 11) is 0. The van der Waals surface area contributed by atoms with Gasteiger partial charge in [0.05, 0.1) is 10.7 Å². The summed E-state index contributed by atoms with van der Waals surface area (Å²) in [5.41, 5.74) is 5.58. The van der Waals surface area contributed by atoms with Crippen molar-refractivity contribution in [2.45, 2.75) is 32.9 Å². The summed E-state index contributed by atoms with van der Waals surface area (Å²) in [6, 6.07) is 3.27. The Morgan fingerprint density at radius 2 is 2.12 bits per heavy atom. The number of nitrogens with two attached hydrogens (primary N) is 1. The average molecular weight is 243 g/mol. The fourth-order valence-corrected chi connectivity index (χ4v) is 1.25. The van der Waals surface area contributed by atoms with E-state index in [1.54, 1.807) is 32.9 Å². The normalized spacial score (nSPS) is 11.3. The molecule has 16 heavy (non-hydrogen) atoms. The number of rotatable bonds is 2. The maximum Gasteiger partial charge on any atom is 0.359 e. The van der Waals surface area contributed by atoms with Crippen LogP contribution >= 0.6 is 11.6 Å². The molecule has 0 atom stereocenters. The number of aromatic nitrogens is 1. The minimum atomic E-state index is -0.569. The van der Waals surface area contributed by atoms with E-state index < -0.39 is 11.6 Å². The fraction of sp³-hybridized carbons (Fsp3) is 0.455. The van der Waals surface area contributed by atoms with E-state index in [1.165, 1.54) is 0 Å². The van der Waals surface area contributed by atoms with Crippen molar-refractivity contribution in [2.75, 3.05) is 0 Å². The lowest BCUT2D eigenvalue weighted by molar-refractivity contribution is 0.00628. The quantitative estimate of drug-likeness (QED) is 0.807. The van der Waals surface area contributed by atoms with Gasteiger partial charge >= 0.3 is 5.97 Å². The van der Waals surface area contributed by atoms with Crippen molar-refractivity contribution in [1.29, 1.82) is 0 Å². The highest BCUT2D eigenvalue weighted by molar-refractivity contribution is 6.33. The molecule has 0 amide bonds. The van der Waals surface area contributed by atoms with Crippen LogP contribution in [0, 0.1) is 0 Å². The Kier molecular flexibility index (Phi) is 3.88. The first-order chi connectivity index (χ1) is 7.33. The highest BCUT2D eigenvalue weighted by atomic mass is 35.5. The van der Waals surface area contributed by atoms with Crippen LogP contribution < -0.4 is 5.73 Å². The van der Waals surface area contributed by atoms with E-state index in [-0.39, 0.29) is 17.3 Å². The number of pyridine rings is 1. The molecule has 0 aliphatic carbocycles. The topological polar surface area (TPSA) is 65.2 Å². The Balaban J connectivity index is 2.98. The van der Waals surface area contributed by atoms with Gasteiger partial charge in [-0.05, 0) is 32.9 Å². The molecule has 0 unspecified atom stereocenters. The number of carbonyl (C=O) groups excluding carboxylic acids is 1. The van der Waals surface area contributed by atoms with Crippen LogP contribution in [0.5, 0.6) is 0 Å². The van der Waals surface area contributed by atoms with Crippen LogP contribution in [-0.2, 0) is 11.3 Å². The van der Waals surface area contributed by atoms with Crippen molar-refractivity contribution in [2.24, 2.45) is 5.73 Å². The van der Waals surface area contributed by atoms with Crippen molar-refractivity contribution < 1.29 is 9.53 Å². The summed E-state index contributed by atoms with van der Waals surface area (Å²) < 4.78 is 5.18. The van der Waals surface area contributed by atoms with Crippen LogP contribution in [0.3, 0.4) is 0 Å². The summed E-state index contributed by atoms with van der Waals surface area (Å²) in [6.45, 7) is 5.61. The zero-order valence-electron chi connectivity index (χ0n) is 9.58. The summed E-state index contributed by atoms with van der Waals surface area (Å²) in [5, 5.41) is 0.270. The van der Waals surface area contributed by atoms with Gasteiger partial charge in [0.2, 0.25) is 0 Å². The predicted octanol–water partition coefficient (Wildman–Crippen LogP) is 2.15. The summed E-state index contributed by atoms with van der Waals surface area (Å²) in [4.78, 5) is 15.8. The Morgan fingerprint density at radius 1 is 1.50 bits per heavy atom. The number of carbonyl (C=O) groups is 1. The number of hydrogen-bond acceptors (Lipinski definition) is 4. The standard InChI is InChI=1S/C11H15ClN2O2/c1-11(2,3)16-10(15)9-8(12)5-4-7(6-13)14-9/h4-5H,6,13H2,1-3H3. The Morgan fingerprint density at radius 3 is 2.62 bits per heavy atom. The number of ether oxygens (including phenoxy) is 1. The van der Waals surface area contributed by atoms with Crippen LogP contribution in [-0.4, -0.2) is 16.6 Å². The van der Waals surface area contributed by atoms with Gasteiger partial charge in [0.15, 0.2) is 5.69 Å². The third-order valence-corrected chi connectivity index (χ3v) is 2.01. The van der Waals surface area contributed by atoms with Crippen molar-refractivity contribution in [3.63, 3.8) is 0 Å². The van der Waals surface area contributed by atoms with Gasteiger partial charge in [-0.15, -0.1) is 0 Å². The summed E-state index contributed by atoms with van der Waals surface area (Å²) in [6.07, 6.45) is 0. The van der Waals surface area contributed by atoms with Gasteiger partial charge < -0.3 is 10.5 Å². The average Bonchev–Trinajstić information content (AvgIpc) is 2.15. The number of esters is 1. The van der Waals surface area contributed by atoms with Crippen molar-refractivity contribution in [1.82, 2.24) is 4.98 Å². The smallest absolute Gasteiger partial charge is 0.359 e. The molecule has 0 bridgehead atoms. The number of halogens is 1. The third kappa shape index (κ3) is 3.47. The van der Waals surface area contributed by atoms with Crippen LogP contribution in [0.2, 0.25) is 5.02 Å². The van der Waals surface area contributed by atoms with Crippen LogP contribution in [0.15, 0.2) is 12.1 Å². The molecule has 1 aromatic rings. The van der Waals surface area contributed by atoms with E-state index in [2.05, 4.69) is 4.98 Å². The molecule has 2 N–H and O–H groups in total. The van der Waals surface area contributed by atoms with Crippen molar-refractivity contribution in [3.05, 3.63) is 28.5 Å². The van der Waals surface area contributed by atoms with Gasteiger partial charge in [-0.25, -0.2) is 9.78 Å². The molecule has 0 saturated carbocycles. The first kappa shape index (κ1) is 12.9. The second-order valence-corrected chi connectivity index (χ2v) is 4.75. The van der Waals surface area contributed by atoms with Gasteiger partial charge in [0.1, 0.15) is 5.60 Å². The maximum atomic E-state index is 11.7. The number of hydrogen-bond donors (Lipinski definition) is 1. The van der Waals surface area contributed by atoms with Crippen LogP contribution in [0.4, 0.5) is 0 Å². The first-order valence-electron chi connectivity index (χ1n) is 4.92. The van der Waals surface area contributed by atoms with E-state index >= 15 is 0 Å². The SMILES string of the molecule is CC(C)(C)OC(=O)c1nc(CN)ccc1Cl. The first-order valence-corrected chi connectivity index (χ1v) is 5.30. The largest absolute Gasteiger partial charge is 0.455 e. The molecule has 1 rings (SSSR count). The van der Waals surface area contributed by atoms with Gasteiger partial charge in [-0.2, -0.15) is 0 Å². The monoisotopic (exact) mass is 242 g/mol. The lowest BCUT2D eigenvalue weighted by atomic mass is 10.2. The molecular formula is C11H15ClN2O2. The Hall–Kier alpha value is -1.13. The van der Waals surface area contributed by atoms with E-state index in [1.807, 2.05) is 0 Å². The maximum absolute atomic E-state index is 11.7. The molecule has 5 heteroatoms. The molecule has 1 aromatic heterocycles. The van der Waals surface area contributed by atoms with Crippen LogP contribution in [0.25, 0.3) is 0 Å². The molecule has 0 aromatic carbocycles. The highest BCUT2D eigenvalue weighted by Crippen LogP contribution is 2.18. The molecule has 4 nitrogen and oxygen atoms in total. The molecule has 0 saturated heterocycles. The van der Waals surface area contributed by atoms with Gasteiger partial charge in [-0.3, -0.25) is 0 Å². The molecule has 88 valence electrons. The Bertz CT molecular complexity index is 399. The lowest BCUT2D eigenvalue weighted by Crippen LogP contribution is -2.25. The van der Waals surface area contributed by atoms with Crippen LogP contribution in [0.1, 0.15) is 37.0 Å². The Labute approximate surface area is 99.8 Å². The lowest BCUT2D eigenvalue weighted by Gasteiger charge is -2.19. The summed E-state index contributed by atoms with van der Waals surface area (Å²) in [5.74, 6) is -0.534. The fourth-order valence-electron chi connectivity index (χ4n) is 1.07. The molecule has 0 spiro atoms. The molecule has 1 heterocycles. The zero-order chi connectivity index (χ0) is 12.3. The van der Waals surface area contributed by atoms with Gasteiger partial charge in [-0.1, -0.05) is 11.6 Å². The second kappa shape index (κ2) is 4.80.